The van der Waals surface area contributed by atoms with Gasteiger partial charge < -0.3 is 10.5 Å². The number of pyridine rings is 1. The van der Waals surface area contributed by atoms with Gasteiger partial charge in [0.15, 0.2) is 0 Å². The lowest BCUT2D eigenvalue weighted by Gasteiger charge is -2.10. The van der Waals surface area contributed by atoms with Crippen molar-refractivity contribution in [3.63, 3.8) is 0 Å². The van der Waals surface area contributed by atoms with Crippen LogP contribution in [0.4, 0.5) is 4.39 Å². The molecule has 0 unspecified atom stereocenters. The second kappa shape index (κ2) is 4.00. The molecule has 0 fully saturated rings. The van der Waals surface area contributed by atoms with E-state index in [-0.39, 0.29) is 0 Å². The fraction of sp³-hybridized carbons (Fsp3) is 0.222. The molecule has 0 aliphatic heterocycles. The van der Waals surface area contributed by atoms with E-state index in [0.29, 0.717) is 11.4 Å². The van der Waals surface area contributed by atoms with Crippen molar-refractivity contribution in [3.8, 4) is 5.88 Å². The second-order valence-corrected chi connectivity index (χ2v) is 2.51. The number of nitrogens with two attached hydrogens (primary N) is 1. The molecule has 0 amide bonds. The smallest absolute Gasteiger partial charge is 0.218 e. The molecular weight excluding hydrogens is 171 g/mol. The van der Waals surface area contributed by atoms with Crippen molar-refractivity contribution in [2.75, 3.05) is 7.11 Å². The van der Waals surface area contributed by atoms with Crippen LogP contribution in [0.5, 0.6) is 5.88 Å². The van der Waals surface area contributed by atoms with Crippen molar-refractivity contribution in [1.29, 1.82) is 0 Å². The topological polar surface area (TPSA) is 48.1 Å². The van der Waals surface area contributed by atoms with Gasteiger partial charge in [-0.2, -0.15) is 0 Å². The summed E-state index contributed by atoms with van der Waals surface area (Å²) in [7, 11) is 1.46. The van der Waals surface area contributed by atoms with E-state index in [0.717, 1.165) is 6.20 Å². The van der Waals surface area contributed by atoms with E-state index in [1.54, 1.807) is 0 Å². The lowest BCUT2D eigenvalue weighted by Crippen LogP contribution is -2.09. The largest absolute Gasteiger partial charge is 0.481 e. The summed E-state index contributed by atoms with van der Waals surface area (Å²) in [5.41, 5.74) is 6.13. The molecule has 1 atom stereocenters. The molecule has 4 heteroatoms. The van der Waals surface area contributed by atoms with E-state index in [2.05, 4.69) is 11.6 Å². The third-order valence-corrected chi connectivity index (χ3v) is 1.65. The molecule has 1 aromatic rings. The average molecular weight is 182 g/mol. The highest BCUT2D eigenvalue weighted by Gasteiger charge is 2.10. The second-order valence-electron chi connectivity index (χ2n) is 2.51. The minimum absolute atomic E-state index is 0.328. The number of hydrogen-bond donors (Lipinski definition) is 1. The SMILES string of the molecule is C=C[C@@H](N)c1cc(F)cnc1OC. The Morgan fingerprint density at radius 3 is 3.00 bits per heavy atom. The number of aromatic nitrogens is 1. The molecule has 0 bridgehead atoms. The molecule has 70 valence electrons. The zero-order valence-electron chi connectivity index (χ0n) is 7.33. The van der Waals surface area contributed by atoms with Crippen molar-refractivity contribution in [2.24, 2.45) is 5.73 Å². The summed E-state index contributed by atoms with van der Waals surface area (Å²) in [6, 6.07) is 0.830. The van der Waals surface area contributed by atoms with Crippen LogP contribution >= 0.6 is 0 Å². The molecule has 13 heavy (non-hydrogen) atoms. The molecule has 0 spiro atoms. The molecule has 1 rings (SSSR count). The maximum Gasteiger partial charge on any atom is 0.218 e. The van der Waals surface area contributed by atoms with Gasteiger partial charge >= 0.3 is 0 Å². The quantitative estimate of drug-likeness (QED) is 0.719. The Balaban J connectivity index is 3.14. The maximum atomic E-state index is 12.8. The van der Waals surface area contributed by atoms with Crippen LogP contribution in [-0.4, -0.2) is 12.1 Å². The Labute approximate surface area is 76.0 Å². The first kappa shape index (κ1) is 9.67. The fourth-order valence-corrected chi connectivity index (χ4v) is 0.979. The van der Waals surface area contributed by atoms with Gasteiger partial charge in [-0.25, -0.2) is 9.37 Å². The number of nitrogens with zero attached hydrogens (tertiary/aromatic N) is 1. The van der Waals surface area contributed by atoms with Gasteiger partial charge in [0.25, 0.3) is 0 Å². The van der Waals surface area contributed by atoms with Crippen molar-refractivity contribution < 1.29 is 9.13 Å². The minimum Gasteiger partial charge on any atom is -0.481 e. The summed E-state index contributed by atoms with van der Waals surface area (Å²) in [5, 5.41) is 0. The van der Waals surface area contributed by atoms with E-state index in [9.17, 15) is 4.39 Å². The Hall–Kier alpha value is -1.42. The molecule has 0 aliphatic rings. The van der Waals surface area contributed by atoms with E-state index >= 15 is 0 Å². The first-order valence-electron chi connectivity index (χ1n) is 3.76. The van der Waals surface area contributed by atoms with Gasteiger partial charge in [0.1, 0.15) is 5.82 Å². The van der Waals surface area contributed by atoms with E-state index in [1.165, 1.54) is 19.3 Å². The number of methoxy groups -OCH3 is 1. The molecule has 2 N–H and O–H groups in total. The van der Waals surface area contributed by atoms with E-state index in [1.807, 2.05) is 0 Å². The first-order chi connectivity index (χ1) is 6.19. The van der Waals surface area contributed by atoms with Crippen molar-refractivity contribution in [2.45, 2.75) is 6.04 Å². The molecule has 1 aromatic heterocycles. The molecule has 0 aromatic carbocycles. The highest BCUT2D eigenvalue weighted by Crippen LogP contribution is 2.22. The van der Waals surface area contributed by atoms with Gasteiger partial charge in [0, 0.05) is 5.56 Å². The van der Waals surface area contributed by atoms with Crippen LogP contribution in [0.15, 0.2) is 24.9 Å². The van der Waals surface area contributed by atoms with Crippen LogP contribution in [-0.2, 0) is 0 Å². The first-order valence-corrected chi connectivity index (χ1v) is 3.76. The Morgan fingerprint density at radius 2 is 2.46 bits per heavy atom. The molecule has 1 heterocycles. The molecule has 0 radical (unpaired) electrons. The fourth-order valence-electron chi connectivity index (χ4n) is 0.979. The highest BCUT2D eigenvalue weighted by atomic mass is 19.1. The van der Waals surface area contributed by atoms with Gasteiger partial charge in [-0.3, -0.25) is 0 Å². The highest BCUT2D eigenvalue weighted by molar-refractivity contribution is 5.31. The number of ether oxygens (including phenoxy) is 1. The van der Waals surface area contributed by atoms with Crippen LogP contribution in [0, 0.1) is 5.82 Å². The summed E-state index contributed by atoms with van der Waals surface area (Å²) in [4.78, 5) is 3.74. The van der Waals surface area contributed by atoms with E-state index in [4.69, 9.17) is 10.5 Å². The van der Waals surface area contributed by atoms with Gasteiger partial charge in [0.05, 0.1) is 19.3 Å². The van der Waals surface area contributed by atoms with Crippen LogP contribution < -0.4 is 10.5 Å². The average Bonchev–Trinajstić information content (AvgIpc) is 2.16. The molecule has 0 saturated heterocycles. The summed E-state index contributed by atoms with van der Waals surface area (Å²) in [6.07, 6.45) is 2.58. The zero-order chi connectivity index (χ0) is 9.84. The minimum atomic E-state index is -0.460. The Morgan fingerprint density at radius 1 is 1.77 bits per heavy atom. The number of hydrogen-bond acceptors (Lipinski definition) is 3. The Kier molecular flexibility index (Phi) is 2.97. The van der Waals surface area contributed by atoms with Gasteiger partial charge in [-0.05, 0) is 6.07 Å². The van der Waals surface area contributed by atoms with Gasteiger partial charge in [-0.15, -0.1) is 6.58 Å². The monoisotopic (exact) mass is 182 g/mol. The standard InChI is InChI=1S/C9H11FN2O/c1-3-8(11)7-4-6(10)5-12-9(7)13-2/h3-5,8H,1,11H2,2H3/t8-/m1/s1. The predicted molar refractivity (Wildman–Crippen MR) is 47.9 cm³/mol. The van der Waals surface area contributed by atoms with Crippen molar-refractivity contribution >= 4 is 0 Å². The van der Waals surface area contributed by atoms with E-state index < -0.39 is 11.9 Å². The summed E-state index contributed by atoms with van der Waals surface area (Å²) < 4.78 is 17.7. The maximum absolute atomic E-state index is 12.8. The zero-order valence-corrected chi connectivity index (χ0v) is 7.33. The third-order valence-electron chi connectivity index (χ3n) is 1.65. The summed E-state index contributed by atoms with van der Waals surface area (Å²) in [5.74, 6) is -0.109. The lowest BCUT2D eigenvalue weighted by molar-refractivity contribution is 0.388. The number of halogens is 1. The van der Waals surface area contributed by atoms with Crippen LogP contribution in [0.25, 0.3) is 0 Å². The molecule has 3 nitrogen and oxygen atoms in total. The molecule has 0 aliphatic carbocycles. The van der Waals surface area contributed by atoms with Crippen LogP contribution in [0.3, 0.4) is 0 Å². The number of rotatable bonds is 3. The van der Waals surface area contributed by atoms with Crippen molar-refractivity contribution in [3.05, 3.63) is 36.3 Å². The third kappa shape index (κ3) is 2.03. The predicted octanol–water partition coefficient (Wildman–Crippen LogP) is 1.42. The molecular formula is C9H11FN2O. The van der Waals surface area contributed by atoms with Crippen LogP contribution in [0.2, 0.25) is 0 Å². The normalized spacial score (nSPS) is 12.2. The van der Waals surface area contributed by atoms with Gasteiger partial charge in [-0.1, -0.05) is 6.08 Å². The summed E-state index contributed by atoms with van der Waals surface area (Å²) in [6.45, 7) is 3.51. The Bertz CT molecular complexity index is 314. The summed E-state index contributed by atoms with van der Waals surface area (Å²) >= 11 is 0. The van der Waals surface area contributed by atoms with Gasteiger partial charge in [0.2, 0.25) is 5.88 Å². The molecule has 0 saturated carbocycles. The lowest BCUT2D eigenvalue weighted by atomic mass is 10.1. The van der Waals surface area contributed by atoms with Crippen molar-refractivity contribution in [1.82, 2.24) is 4.98 Å². The van der Waals surface area contributed by atoms with Crippen LogP contribution in [0.1, 0.15) is 11.6 Å².